The van der Waals surface area contributed by atoms with Gasteiger partial charge in [0.05, 0.1) is 9.34 Å². The van der Waals surface area contributed by atoms with Gasteiger partial charge in [-0.1, -0.05) is 23.7 Å². The number of nitrogens with one attached hydrogen (secondary N) is 1. The van der Waals surface area contributed by atoms with Gasteiger partial charge in [-0.25, -0.2) is 0 Å². The average molecular weight is 267 g/mol. The molecular weight excluding hydrogens is 252 g/mol. The average Bonchev–Trinajstić information content (AvgIpc) is 2.76. The van der Waals surface area contributed by atoms with Gasteiger partial charge in [0.25, 0.3) is 0 Å². The van der Waals surface area contributed by atoms with Crippen molar-refractivity contribution in [2.24, 2.45) is 0 Å². The lowest BCUT2D eigenvalue weighted by molar-refractivity contribution is 0.935. The molecule has 0 unspecified atom stereocenters. The van der Waals surface area contributed by atoms with E-state index in [0.717, 1.165) is 16.6 Å². The van der Waals surface area contributed by atoms with Crippen LogP contribution in [0.15, 0.2) is 36.4 Å². The van der Waals surface area contributed by atoms with Crippen molar-refractivity contribution < 1.29 is 0 Å². The number of hydrogen-bond acceptors (Lipinski definition) is 3. The summed E-state index contributed by atoms with van der Waals surface area (Å²) in [4.78, 5) is 2.20. The highest BCUT2D eigenvalue weighted by atomic mass is 35.5. The first-order valence-electron chi connectivity index (χ1n) is 5.42. The smallest absolute Gasteiger partial charge is 0.0950 e. The lowest BCUT2D eigenvalue weighted by Crippen LogP contribution is -2.14. The number of nitrogens with zero attached hydrogens (tertiary/aromatic N) is 1. The molecular formula is C13H15ClN2S. The van der Waals surface area contributed by atoms with E-state index in [1.54, 1.807) is 11.3 Å². The van der Waals surface area contributed by atoms with Crippen LogP contribution in [0.3, 0.4) is 0 Å². The van der Waals surface area contributed by atoms with Crippen molar-refractivity contribution >= 4 is 33.6 Å². The van der Waals surface area contributed by atoms with Gasteiger partial charge in [0.1, 0.15) is 0 Å². The maximum Gasteiger partial charge on any atom is 0.0950 e. The normalized spacial score (nSPS) is 10.3. The van der Waals surface area contributed by atoms with Gasteiger partial charge in [-0.3, -0.25) is 0 Å². The second-order valence-electron chi connectivity index (χ2n) is 3.88. The van der Waals surface area contributed by atoms with Crippen molar-refractivity contribution in [1.82, 2.24) is 0 Å². The minimum absolute atomic E-state index is 0.829. The third-order valence-corrected chi connectivity index (χ3v) is 3.92. The molecule has 2 nitrogen and oxygen atoms in total. The van der Waals surface area contributed by atoms with Crippen molar-refractivity contribution in [3.63, 3.8) is 0 Å². The minimum Gasteiger partial charge on any atom is -0.388 e. The molecule has 2 rings (SSSR count). The summed E-state index contributed by atoms with van der Waals surface area (Å²) >= 11 is 7.54. The molecule has 4 heteroatoms. The molecule has 0 amide bonds. The van der Waals surface area contributed by atoms with E-state index in [0.29, 0.717) is 0 Å². The Morgan fingerprint density at radius 3 is 2.76 bits per heavy atom. The van der Waals surface area contributed by atoms with Crippen molar-refractivity contribution in [2.75, 3.05) is 24.3 Å². The van der Waals surface area contributed by atoms with Crippen molar-refractivity contribution in [3.8, 4) is 0 Å². The third kappa shape index (κ3) is 3.14. The van der Waals surface area contributed by atoms with E-state index in [1.807, 2.05) is 13.1 Å². The van der Waals surface area contributed by atoms with Crippen LogP contribution in [-0.4, -0.2) is 14.1 Å². The zero-order valence-electron chi connectivity index (χ0n) is 9.90. The summed E-state index contributed by atoms with van der Waals surface area (Å²) in [6.45, 7) is 0.881. The molecule has 0 atom stereocenters. The van der Waals surface area contributed by atoms with Gasteiger partial charge in [-0.05, 0) is 29.8 Å². The molecule has 1 heterocycles. The first-order valence-corrected chi connectivity index (χ1v) is 6.61. The minimum atomic E-state index is 0.829. The van der Waals surface area contributed by atoms with Gasteiger partial charge in [-0.15, -0.1) is 11.3 Å². The first-order chi connectivity index (χ1) is 8.19. The van der Waals surface area contributed by atoms with Gasteiger partial charge < -0.3 is 10.2 Å². The topological polar surface area (TPSA) is 15.3 Å². The first kappa shape index (κ1) is 12.3. The second-order valence-corrected chi connectivity index (χ2v) is 5.58. The van der Waals surface area contributed by atoms with E-state index in [1.165, 1.54) is 10.6 Å². The number of benzene rings is 1. The summed E-state index contributed by atoms with van der Waals surface area (Å²) in [5.41, 5.74) is 2.42. The zero-order valence-corrected chi connectivity index (χ0v) is 11.5. The van der Waals surface area contributed by atoms with E-state index in [2.05, 4.69) is 47.6 Å². The Labute approximate surface area is 111 Å². The Balaban J connectivity index is 2.09. The molecule has 17 heavy (non-hydrogen) atoms. The van der Waals surface area contributed by atoms with Gasteiger partial charge in [0, 0.05) is 26.3 Å². The Bertz CT molecular complexity index is 496. The van der Waals surface area contributed by atoms with Crippen LogP contribution in [0.4, 0.5) is 10.7 Å². The molecule has 1 N–H and O–H groups in total. The molecule has 1 aromatic carbocycles. The molecule has 0 radical (unpaired) electrons. The van der Waals surface area contributed by atoms with E-state index < -0.39 is 0 Å². The molecule has 0 aliphatic carbocycles. The molecule has 0 aliphatic heterocycles. The maximum atomic E-state index is 5.94. The van der Waals surface area contributed by atoms with Crippen LogP contribution in [0, 0.1) is 0 Å². The predicted molar refractivity (Wildman–Crippen MR) is 77.4 cm³/mol. The van der Waals surface area contributed by atoms with Gasteiger partial charge in [0.15, 0.2) is 0 Å². The Morgan fingerprint density at radius 1 is 1.29 bits per heavy atom. The van der Waals surface area contributed by atoms with E-state index >= 15 is 0 Å². The summed E-state index contributed by atoms with van der Waals surface area (Å²) in [6.07, 6.45) is 0. The second kappa shape index (κ2) is 5.43. The van der Waals surface area contributed by atoms with E-state index in [-0.39, 0.29) is 0 Å². The predicted octanol–water partition coefficient (Wildman–Crippen LogP) is 4.08. The fourth-order valence-corrected chi connectivity index (χ4v) is 2.68. The summed E-state index contributed by atoms with van der Waals surface area (Å²) in [6, 6.07) is 12.4. The molecule has 0 bridgehead atoms. The molecule has 90 valence electrons. The summed E-state index contributed by atoms with van der Waals surface area (Å²) in [5, 5.41) is 4.33. The number of hydrogen-bond donors (Lipinski definition) is 1. The molecule has 0 fully saturated rings. The summed E-state index contributed by atoms with van der Waals surface area (Å²) in [7, 11) is 4.01. The molecule has 0 aliphatic rings. The Hall–Kier alpha value is -1.19. The van der Waals surface area contributed by atoms with Crippen molar-refractivity contribution in [3.05, 3.63) is 46.3 Å². The highest BCUT2D eigenvalue weighted by Crippen LogP contribution is 2.29. The SMILES string of the molecule is CNc1cccc(CN(C)c2ccc(Cl)s2)c1. The van der Waals surface area contributed by atoms with Crippen LogP contribution in [0.1, 0.15) is 5.56 Å². The third-order valence-electron chi connectivity index (χ3n) is 2.57. The lowest BCUT2D eigenvalue weighted by atomic mass is 10.2. The molecule has 1 aromatic heterocycles. The molecule has 0 spiro atoms. The summed E-state index contributed by atoms with van der Waals surface area (Å²) < 4.78 is 0.829. The largest absolute Gasteiger partial charge is 0.388 e. The number of anilines is 2. The van der Waals surface area contributed by atoms with Crippen molar-refractivity contribution in [2.45, 2.75) is 6.54 Å². The molecule has 2 aromatic rings. The van der Waals surface area contributed by atoms with Crippen LogP contribution in [0.2, 0.25) is 4.34 Å². The van der Waals surface area contributed by atoms with Crippen LogP contribution in [0.5, 0.6) is 0 Å². The van der Waals surface area contributed by atoms with Gasteiger partial charge in [-0.2, -0.15) is 0 Å². The fraction of sp³-hybridized carbons (Fsp3) is 0.231. The highest BCUT2D eigenvalue weighted by molar-refractivity contribution is 7.19. The van der Waals surface area contributed by atoms with Crippen molar-refractivity contribution in [1.29, 1.82) is 0 Å². The van der Waals surface area contributed by atoms with Crippen LogP contribution in [0.25, 0.3) is 0 Å². The fourth-order valence-electron chi connectivity index (χ4n) is 1.69. The standard InChI is InChI=1S/C13H15ClN2S/c1-15-11-5-3-4-10(8-11)9-16(2)13-7-6-12(14)17-13/h3-8,15H,9H2,1-2H3. The zero-order chi connectivity index (χ0) is 12.3. The van der Waals surface area contributed by atoms with E-state index in [9.17, 15) is 0 Å². The number of thiophene rings is 1. The Morgan fingerprint density at radius 2 is 2.12 bits per heavy atom. The van der Waals surface area contributed by atoms with Gasteiger partial charge in [0.2, 0.25) is 0 Å². The maximum absolute atomic E-state index is 5.94. The summed E-state index contributed by atoms with van der Waals surface area (Å²) in [5.74, 6) is 0. The van der Waals surface area contributed by atoms with Gasteiger partial charge >= 0.3 is 0 Å². The molecule has 0 saturated carbocycles. The van der Waals surface area contributed by atoms with Crippen LogP contribution >= 0.6 is 22.9 Å². The van der Waals surface area contributed by atoms with Crippen LogP contribution in [-0.2, 0) is 6.54 Å². The quantitative estimate of drug-likeness (QED) is 0.897. The highest BCUT2D eigenvalue weighted by Gasteiger charge is 2.05. The Kier molecular flexibility index (Phi) is 3.92. The number of halogens is 1. The van der Waals surface area contributed by atoms with Crippen LogP contribution < -0.4 is 10.2 Å². The lowest BCUT2D eigenvalue weighted by Gasteiger charge is -2.17. The number of rotatable bonds is 4. The van der Waals surface area contributed by atoms with E-state index in [4.69, 9.17) is 11.6 Å². The molecule has 0 saturated heterocycles. The monoisotopic (exact) mass is 266 g/mol.